The Labute approximate surface area is 123 Å². The maximum Gasteiger partial charge on any atom is 0.256 e. The summed E-state index contributed by atoms with van der Waals surface area (Å²) >= 11 is 5.86. The molecule has 1 saturated carbocycles. The summed E-state index contributed by atoms with van der Waals surface area (Å²) in [6.07, 6.45) is 5.10. The molecule has 3 rings (SSSR count). The normalized spacial score (nSPS) is 15.1. The first-order valence-electron chi connectivity index (χ1n) is 7.02. The Balaban J connectivity index is 1.98. The average molecular weight is 289 g/mol. The molecule has 0 atom stereocenters. The van der Waals surface area contributed by atoms with Crippen LogP contribution in [0.15, 0.2) is 36.5 Å². The Hall–Kier alpha value is -1.61. The number of pyridine rings is 1. The van der Waals surface area contributed by atoms with Gasteiger partial charge in [-0.05, 0) is 31.4 Å². The molecule has 1 aliphatic carbocycles. The molecule has 0 aliphatic heterocycles. The fraction of sp³-hybridized carbons (Fsp3) is 0.375. The molecule has 0 spiro atoms. The second-order valence-corrected chi connectivity index (χ2v) is 5.53. The van der Waals surface area contributed by atoms with Gasteiger partial charge < -0.3 is 4.90 Å². The molecule has 4 heteroatoms. The van der Waals surface area contributed by atoms with E-state index in [1.54, 1.807) is 6.20 Å². The number of amides is 1. The SMILES string of the molecule is O=C(c1cccc2cccnc12)N(CCCl)C1CCC1. The maximum atomic E-state index is 12.8. The monoisotopic (exact) mass is 288 g/mol. The van der Waals surface area contributed by atoms with Gasteiger partial charge in [0.15, 0.2) is 0 Å². The second kappa shape index (κ2) is 5.80. The molecular formula is C16H17ClN2O. The minimum atomic E-state index is 0.0552. The molecule has 3 nitrogen and oxygen atoms in total. The summed E-state index contributed by atoms with van der Waals surface area (Å²) in [5.74, 6) is 0.528. The number of halogens is 1. The van der Waals surface area contributed by atoms with Crippen LogP contribution in [0.4, 0.5) is 0 Å². The summed E-state index contributed by atoms with van der Waals surface area (Å²) in [7, 11) is 0. The molecule has 20 heavy (non-hydrogen) atoms. The van der Waals surface area contributed by atoms with Crippen molar-refractivity contribution < 1.29 is 4.79 Å². The van der Waals surface area contributed by atoms with Crippen LogP contribution in [0, 0.1) is 0 Å². The number of para-hydroxylation sites is 1. The van der Waals surface area contributed by atoms with Crippen LogP contribution in [0.3, 0.4) is 0 Å². The van der Waals surface area contributed by atoms with E-state index in [1.165, 1.54) is 6.42 Å². The molecule has 0 radical (unpaired) electrons. The molecule has 0 saturated heterocycles. The molecule has 0 unspecified atom stereocenters. The third kappa shape index (κ3) is 2.38. The van der Waals surface area contributed by atoms with Crippen molar-refractivity contribution in [2.24, 2.45) is 0 Å². The molecule has 0 N–H and O–H groups in total. The highest BCUT2D eigenvalue weighted by Crippen LogP contribution is 2.27. The van der Waals surface area contributed by atoms with Crippen molar-refractivity contribution in [3.8, 4) is 0 Å². The fourth-order valence-corrected chi connectivity index (χ4v) is 2.85. The molecule has 0 bridgehead atoms. The Kier molecular flexibility index (Phi) is 3.88. The van der Waals surface area contributed by atoms with Crippen molar-refractivity contribution in [3.05, 3.63) is 42.1 Å². The van der Waals surface area contributed by atoms with Gasteiger partial charge in [0, 0.05) is 30.0 Å². The Morgan fingerprint density at radius 1 is 1.30 bits per heavy atom. The van der Waals surface area contributed by atoms with Crippen LogP contribution >= 0.6 is 11.6 Å². The van der Waals surface area contributed by atoms with Crippen molar-refractivity contribution in [2.75, 3.05) is 12.4 Å². The zero-order valence-electron chi connectivity index (χ0n) is 11.3. The molecule has 1 aliphatic rings. The minimum absolute atomic E-state index is 0.0552. The van der Waals surface area contributed by atoms with Gasteiger partial charge in [-0.2, -0.15) is 0 Å². The van der Waals surface area contributed by atoms with Gasteiger partial charge in [-0.25, -0.2) is 0 Å². The molecule has 1 aromatic heterocycles. The van der Waals surface area contributed by atoms with Crippen molar-refractivity contribution in [3.63, 3.8) is 0 Å². The number of hydrogen-bond donors (Lipinski definition) is 0. The molecule has 1 heterocycles. The van der Waals surface area contributed by atoms with Crippen LogP contribution in [-0.2, 0) is 0 Å². The number of alkyl halides is 1. The van der Waals surface area contributed by atoms with E-state index in [-0.39, 0.29) is 5.91 Å². The first-order valence-corrected chi connectivity index (χ1v) is 7.55. The van der Waals surface area contributed by atoms with Crippen molar-refractivity contribution in [2.45, 2.75) is 25.3 Å². The maximum absolute atomic E-state index is 12.8. The van der Waals surface area contributed by atoms with Crippen LogP contribution in [0.2, 0.25) is 0 Å². The number of rotatable bonds is 4. The standard InChI is InChI=1S/C16H17ClN2O/c17-9-11-19(13-6-2-7-13)16(20)14-8-1-4-12-5-3-10-18-15(12)14/h1,3-5,8,10,13H,2,6-7,9,11H2. The number of hydrogen-bond acceptors (Lipinski definition) is 2. The van der Waals surface area contributed by atoms with Gasteiger partial charge in [0.1, 0.15) is 0 Å². The largest absolute Gasteiger partial charge is 0.334 e. The Bertz CT molecular complexity index is 619. The van der Waals surface area contributed by atoms with Gasteiger partial charge >= 0.3 is 0 Å². The lowest BCUT2D eigenvalue weighted by atomic mass is 9.91. The fourth-order valence-electron chi connectivity index (χ4n) is 2.67. The van der Waals surface area contributed by atoms with Crippen LogP contribution in [0.25, 0.3) is 10.9 Å². The van der Waals surface area contributed by atoms with Gasteiger partial charge in [-0.1, -0.05) is 18.2 Å². The average Bonchev–Trinajstić information content (AvgIpc) is 2.43. The van der Waals surface area contributed by atoms with E-state index in [1.807, 2.05) is 35.2 Å². The topological polar surface area (TPSA) is 33.2 Å². The minimum Gasteiger partial charge on any atom is -0.334 e. The number of aromatic nitrogens is 1. The number of carbonyl (C=O) groups is 1. The summed E-state index contributed by atoms with van der Waals surface area (Å²) in [5.41, 5.74) is 1.46. The quantitative estimate of drug-likeness (QED) is 0.807. The highest BCUT2D eigenvalue weighted by molar-refractivity contribution is 6.18. The zero-order chi connectivity index (χ0) is 13.9. The second-order valence-electron chi connectivity index (χ2n) is 5.15. The highest BCUT2D eigenvalue weighted by Gasteiger charge is 2.29. The number of carbonyl (C=O) groups excluding carboxylic acids is 1. The molecule has 1 aromatic carbocycles. The molecule has 1 fully saturated rings. The van der Waals surface area contributed by atoms with E-state index in [9.17, 15) is 4.79 Å². The zero-order valence-corrected chi connectivity index (χ0v) is 12.0. The summed E-state index contributed by atoms with van der Waals surface area (Å²) in [5, 5.41) is 0.998. The van der Waals surface area contributed by atoms with Crippen LogP contribution in [0.1, 0.15) is 29.6 Å². The third-order valence-electron chi connectivity index (χ3n) is 3.96. The smallest absolute Gasteiger partial charge is 0.256 e. The summed E-state index contributed by atoms with van der Waals surface area (Å²) in [6, 6.07) is 9.97. The van der Waals surface area contributed by atoms with Gasteiger partial charge in [-0.15, -0.1) is 11.6 Å². The predicted molar refractivity (Wildman–Crippen MR) is 81.1 cm³/mol. The molecular weight excluding hydrogens is 272 g/mol. The Morgan fingerprint density at radius 3 is 2.80 bits per heavy atom. The predicted octanol–water partition coefficient (Wildman–Crippen LogP) is 3.47. The third-order valence-corrected chi connectivity index (χ3v) is 4.13. The molecule has 1 amide bonds. The van der Waals surface area contributed by atoms with E-state index in [0.29, 0.717) is 24.0 Å². The first kappa shape index (κ1) is 13.4. The lowest BCUT2D eigenvalue weighted by Crippen LogP contribution is -2.45. The van der Waals surface area contributed by atoms with E-state index in [0.717, 1.165) is 23.7 Å². The van der Waals surface area contributed by atoms with Gasteiger partial charge in [0.2, 0.25) is 0 Å². The van der Waals surface area contributed by atoms with E-state index in [2.05, 4.69) is 4.98 Å². The van der Waals surface area contributed by atoms with E-state index in [4.69, 9.17) is 11.6 Å². The lowest BCUT2D eigenvalue weighted by molar-refractivity contribution is 0.0600. The van der Waals surface area contributed by atoms with Crippen LogP contribution in [-0.4, -0.2) is 34.3 Å². The van der Waals surface area contributed by atoms with Crippen LogP contribution in [0.5, 0.6) is 0 Å². The van der Waals surface area contributed by atoms with Gasteiger partial charge in [-0.3, -0.25) is 9.78 Å². The number of fused-ring (bicyclic) bond motifs is 1. The Morgan fingerprint density at radius 2 is 2.10 bits per heavy atom. The lowest BCUT2D eigenvalue weighted by Gasteiger charge is -2.37. The molecule has 2 aromatic rings. The van der Waals surface area contributed by atoms with Crippen LogP contribution < -0.4 is 0 Å². The molecule has 104 valence electrons. The highest BCUT2D eigenvalue weighted by atomic mass is 35.5. The van der Waals surface area contributed by atoms with Crippen molar-refractivity contribution in [1.82, 2.24) is 9.88 Å². The van der Waals surface area contributed by atoms with Crippen molar-refractivity contribution in [1.29, 1.82) is 0 Å². The van der Waals surface area contributed by atoms with Gasteiger partial charge in [0.05, 0.1) is 11.1 Å². The van der Waals surface area contributed by atoms with E-state index >= 15 is 0 Å². The van der Waals surface area contributed by atoms with E-state index < -0.39 is 0 Å². The summed E-state index contributed by atoms with van der Waals surface area (Å²) in [4.78, 5) is 19.1. The number of benzene rings is 1. The van der Waals surface area contributed by atoms with Gasteiger partial charge in [0.25, 0.3) is 5.91 Å². The first-order chi connectivity index (χ1) is 9.81. The number of nitrogens with zero attached hydrogens (tertiary/aromatic N) is 2. The van der Waals surface area contributed by atoms with Crippen molar-refractivity contribution >= 4 is 28.4 Å². The summed E-state index contributed by atoms with van der Waals surface area (Å²) in [6.45, 7) is 0.605. The summed E-state index contributed by atoms with van der Waals surface area (Å²) < 4.78 is 0.